The van der Waals surface area contributed by atoms with Gasteiger partial charge < -0.3 is 20.9 Å². The van der Waals surface area contributed by atoms with Crippen LogP contribution in [0.3, 0.4) is 0 Å². The molecule has 3 N–H and O–H groups in total. The molecule has 2 rings (SSSR count). The van der Waals surface area contributed by atoms with E-state index in [9.17, 15) is 18.8 Å². The minimum Gasteiger partial charge on any atom is -0.350 e. The summed E-state index contributed by atoms with van der Waals surface area (Å²) in [6, 6.07) is 4.89. The molecule has 1 fully saturated rings. The standard InChI is InChI=1S/C19H27FN4O3/c1-19(2,3)24-12-13(10-16(24)25)11-23-18(27)22-9-8-21-17(26)14-4-6-15(20)7-5-14/h4-7,13H,8-12H2,1-3H3,(H,21,26)(H2,22,23,27)/t13-/m1/s1. The Hall–Kier alpha value is -2.64. The second kappa shape index (κ2) is 8.83. The van der Waals surface area contributed by atoms with E-state index in [0.29, 0.717) is 25.1 Å². The molecule has 148 valence electrons. The van der Waals surface area contributed by atoms with E-state index < -0.39 is 5.82 Å². The van der Waals surface area contributed by atoms with Crippen LogP contribution in [0.2, 0.25) is 0 Å². The third kappa shape index (κ3) is 6.23. The molecule has 1 aliphatic rings. The summed E-state index contributed by atoms with van der Waals surface area (Å²) in [5.41, 5.74) is 0.145. The number of halogens is 1. The lowest BCUT2D eigenvalue weighted by atomic mass is 10.1. The van der Waals surface area contributed by atoms with Crippen LogP contribution in [0.25, 0.3) is 0 Å². The Labute approximate surface area is 158 Å². The molecule has 0 aromatic heterocycles. The minimum atomic E-state index is -0.403. The first kappa shape index (κ1) is 20.7. The maximum Gasteiger partial charge on any atom is 0.314 e. The topological polar surface area (TPSA) is 90.5 Å². The first-order valence-electron chi connectivity index (χ1n) is 9.03. The monoisotopic (exact) mass is 378 g/mol. The highest BCUT2D eigenvalue weighted by molar-refractivity contribution is 5.94. The molecule has 4 amide bonds. The van der Waals surface area contributed by atoms with Gasteiger partial charge in [0.25, 0.3) is 5.91 Å². The summed E-state index contributed by atoms with van der Waals surface area (Å²) in [6.07, 6.45) is 0.436. The van der Waals surface area contributed by atoms with Crippen LogP contribution < -0.4 is 16.0 Å². The van der Waals surface area contributed by atoms with Crippen molar-refractivity contribution in [2.45, 2.75) is 32.7 Å². The van der Waals surface area contributed by atoms with Crippen molar-refractivity contribution in [1.29, 1.82) is 0 Å². The third-order valence-corrected chi connectivity index (χ3v) is 4.37. The number of rotatable bonds is 6. The zero-order chi connectivity index (χ0) is 20.0. The maximum absolute atomic E-state index is 12.8. The molecule has 0 unspecified atom stereocenters. The number of amides is 4. The van der Waals surface area contributed by atoms with Crippen LogP contribution in [-0.2, 0) is 4.79 Å². The third-order valence-electron chi connectivity index (χ3n) is 4.37. The van der Waals surface area contributed by atoms with Crippen LogP contribution in [-0.4, -0.2) is 54.5 Å². The van der Waals surface area contributed by atoms with Gasteiger partial charge in [-0.25, -0.2) is 9.18 Å². The number of hydrogen-bond donors (Lipinski definition) is 3. The summed E-state index contributed by atoms with van der Waals surface area (Å²) < 4.78 is 12.8. The van der Waals surface area contributed by atoms with Crippen molar-refractivity contribution >= 4 is 17.8 Å². The molecule has 1 aromatic carbocycles. The predicted octanol–water partition coefficient (Wildman–Crippen LogP) is 1.50. The van der Waals surface area contributed by atoms with Gasteiger partial charge in [0.1, 0.15) is 5.82 Å². The van der Waals surface area contributed by atoms with Gasteiger partial charge in [0.15, 0.2) is 0 Å². The van der Waals surface area contributed by atoms with Crippen molar-refractivity contribution in [2.75, 3.05) is 26.2 Å². The summed E-state index contributed by atoms with van der Waals surface area (Å²) >= 11 is 0. The summed E-state index contributed by atoms with van der Waals surface area (Å²) in [5.74, 6) is -0.526. The van der Waals surface area contributed by atoms with Crippen LogP contribution in [0.4, 0.5) is 9.18 Å². The van der Waals surface area contributed by atoms with Crippen LogP contribution in [0.5, 0.6) is 0 Å². The number of urea groups is 1. The highest BCUT2D eigenvalue weighted by Crippen LogP contribution is 2.25. The van der Waals surface area contributed by atoms with Crippen LogP contribution in [0.1, 0.15) is 37.6 Å². The van der Waals surface area contributed by atoms with Crippen LogP contribution >= 0.6 is 0 Å². The normalized spacial score (nSPS) is 17.0. The van der Waals surface area contributed by atoms with Gasteiger partial charge in [-0.05, 0) is 45.0 Å². The molecule has 0 saturated carbocycles. The van der Waals surface area contributed by atoms with E-state index >= 15 is 0 Å². The SMILES string of the molecule is CC(C)(C)N1C[C@@H](CNC(=O)NCCNC(=O)c2ccc(F)cc2)CC1=O. The van der Waals surface area contributed by atoms with Gasteiger partial charge in [-0.2, -0.15) is 0 Å². The molecule has 7 nitrogen and oxygen atoms in total. The average Bonchev–Trinajstić information content (AvgIpc) is 2.98. The molecule has 1 atom stereocenters. The van der Waals surface area contributed by atoms with Crippen molar-refractivity contribution in [3.63, 3.8) is 0 Å². The quantitative estimate of drug-likeness (QED) is 0.655. The molecular weight excluding hydrogens is 351 g/mol. The van der Waals surface area contributed by atoms with Gasteiger partial charge in [0.05, 0.1) is 0 Å². The Morgan fingerprint density at radius 3 is 2.33 bits per heavy atom. The molecule has 1 saturated heterocycles. The van der Waals surface area contributed by atoms with Crippen molar-refractivity contribution in [3.05, 3.63) is 35.6 Å². The van der Waals surface area contributed by atoms with Crippen LogP contribution in [0.15, 0.2) is 24.3 Å². The Morgan fingerprint density at radius 1 is 1.11 bits per heavy atom. The summed E-state index contributed by atoms with van der Waals surface area (Å²) in [5, 5.41) is 8.06. The highest BCUT2D eigenvalue weighted by Gasteiger charge is 2.36. The smallest absolute Gasteiger partial charge is 0.314 e. The van der Waals surface area contributed by atoms with Gasteiger partial charge in [-0.1, -0.05) is 0 Å². The summed E-state index contributed by atoms with van der Waals surface area (Å²) in [6.45, 7) is 7.55. The molecule has 0 aliphatic carbocycles. The van der Waals surface area contributed by atoms with E-state index in [1.54, 1.807) is 0 Å². The lowest BCUT2D eigenvalue weighted by Crippen LogP contribution is -2.44. The van der Waals surface area contributed by atoms with Gasteiger partial charge >= 0.3 is 6.03 Å². The first-order valence-corrected chi connectivity index (χ1v) is 9.03. The first-order chi connectivity index (χ1) is 12.7. The number of carbonyl (C=O) groups is 3. The van der Waals surface area contributed by atoms with E-state index in [2.05, 4.69) is 16.0 Å². The fourth-order valence-corrected chi connectivity index (χ4v) is 2.92. The molecule has 1 aliphatic heterocycles. The van der Waals surface area contributed by atoms with E-state index in [1.165, 1.54) is 24.3 Å². The van der Waals surface area contributed by atoms with E-state index in [4.69, 9.17) is 0 Å². The van der Waals surface area contributed by atoms with Crippen molar-refractivity contribution < 1.29 is 18.8 Å². The molecule has 8 heteroatoms. The molecule has 0 bridgehead atoms. The second-order valence-electron chi connectivity index (χ2n) is 7.64. The largest absolute Gasteiger partial charge is 0.350 e. The zero-order valence-electron chi connectivity index (χ0n) is 16.0. The second-order valence-corrected chi connectivity index (χ2v) is 7.64. The number of benzene rings is 1. The Balaban J connectivity index is 1.62. The van der Waals surface area contributed by atoms with Crippen molar-refractivity contribution in [2.24, 2.45) is 5.92 Å². The molecule has 1 aromatic rings. The maximum atomic E-state index is 12.8. The molecular formula is C19H27FN4O3. The number of hydrogen-bond acceptors (Lipinski definition) is 3. The Kier molecular flexibility index (Phi) is 6.76. The minimum absolute atomic E-state index is 0.0978. The zero-order valence-corrected chi connectivity index (χ0v) is 16.0. The number of nitrogens with one attached hydrogen (secondary N) is 3. The van der Waals surface area contributed by atoms with Gasteiger partial charge in [-0.15, -0.1) is 0 Å². The fraction of sp³-hybridized carbons (Fsp3) is 0.526. The molecule has 0 radical (unpaired) electrons. The van der Waals surface area contributed by atoms with E-state index in [0.717, 1.165) is 0 Å². The van der Waals surface area contributed by atoms with Crippen LogP contribution in [0, 0.1) is 11.7 Å². The highest BCUT2D eigenvalue weighted by atomic mass is 19.1. The number of nitrogens with zero attached hydrogens (tertiary/aromatic N) is 1. The lowest BCUT2D eigenvalue weighted by Gasteiger charge is -2.32. The van der Waals surface area contributed by atoms with E-state index in [-0.39, 0.29) is 42.4 Å². The summed E-state index contributed by atoms with van der Waals surface area (Å²) in [4.78, 5) is 37.5. The number of carbonyl (C=O) groups excluding carboxylic acids is 3. The predicted molar refractivity (Wildman–Crippen MR) is 99.7 cm³/mol. The molecule has 1 heterocycles. The number of likely N-dealkylation sites (tertiary alicyclic amines) is 1. The van der Waals surface area contributed by atoms with Gasteiger partial charge in [0, 0.05) is 49.6 Å². The van der Waals surface area contributed by atoms with Gasteiger partial charge in [0.2, 0.25) is 5.91 Å². The lowest BCUT2D eigenvalue weighted by molar-refractivity contribution is -0.131. The average molecular weight is 378 g/mol. The summed E-state index contributed by atoms with van der Waals surface area (Å²) in [7, 11) is 0. The van der Waals surface area contributed by atoms with Gasteiger partial charge in [-0.3, -0.25) is 9.59 Å². The van der Waals surface area contributed by atoms with Crippen molar-refractivity contribution in [1.82, 2.24) is 20.9 Å². The molecule has 27 heavy (non-hydrogen) atoms. The Morgan fingerprint density at radius 2 is 1.74 bits per heavy atom. The van der Waals surface area contributed by atoms with Crippen molar-refractivity contribution in [3.8, 4) is 0 Å². The van der Waals surface area contributed by atoms with E-state index in [1.807, 2.05) is 25.7 Å². The Bertz CT molecular complexity index is 685. The molecule has 0 spiro atoms. The fourth-order valence-electron chi connectivity index (χ4n) is 2.92.